The van der Waals surface area contributed by atoms with Crippen molar-refractivity contribution >= 4 is 12.1 Å². The lowest BCUT2D eigenvalue weighted by Gasteiger charge is -2.72. The molecular formula is C42H62N2O5. The molecule has 6 fully saturated rings. The molecule has 7 nitrogen and oxygen atoms in total. The second-order valence-corrected chi connectivity index (χ2v) is 18.5. The lowest BCUT2D eigenvalue weighted by Crippen LogP contribution is -2.67. The monoisotopic (exact) mass is 674 g/mol. The fourth-order valence-corrected chi connectivity index (χ4v) is 13.8. The minimum atomic E-state index is -0.607. The number of allylic oxidation sites excluding steroid dienone is 1. The maximum absolute atomic E-state index is 13.5. The van der Waals surface area contributed by atoms with Gasteiger partial charge in [0.25, 0.3) is 0 Å². The molecule has 1 aromatic rings. The highest BCUT2D eigenvalue weighted by Gasteiger charge is 2.72. The first-order valence-electron chi connectivity index (χ1n) is 19.4. The molecule has 0 bridgehead atoms. The van der Waals surface area contributed by atoms with Crippen LogP contribution in [0.25, 0.3) is 0 Å². The molecule has 1 saturated heterocycles. The Labute approximate surface area is 294 Å². The summed E-state index contributed by atoms with van der Waals surface area (Å²) in [4.78, 5) is 30.7. The van der Waals surface area contributed by atoms with Crippen LogP contribution in [0.3, 0.4) is 0 Å². The average Bonchev–Trinajstić information content (AvgIpc) is 3.49. The number of fused-ring (bicyclic) bond motifs is 7. The number of carbonyl (C=O) groups excluding carboxylic acids is 1. The van der Waals surface area contributed by atoms with Crippen LogP contribution in [-0.2, 0) is 16.1 Å². The molecule has 7 rings (SSSR count). The summed E-state index contributed by atoms with van der Waals surface area (Å²) in [5.41, 5.74) is 1.53. The number of piperazine rings is 1. The molecule has 6 aliphatic rings. The number of rotatable bonds is 6. The van der Waals surface area contributed by atoms with Crippen LogP contribution in [0.4, 0.5) is 4.79 Å². The predicted molar refractivity (Wildman–Crippen MR) is 192 cm³/mol. The zero-order valence-corrected chi connectivity index (χ0v) is 30.9. The summed E-state index contributed by atoms with van der Waals surface area (Å²) < 4.78 is 6.17. The molecule has 270 valence electrons. The lowest BCUT2D eigenvalue weighted by atomic mass is 9.32. The fourth-order valence-electron chi connectivity index (χ4n) is 13.8. The van der Waals surface area contributed by atoms with Crippen molar-refractivity contribution in [2.75, 3.05) is 32.8 Å². The van der Waals surface area contributed by atoms with Gasteiger partial charge in [0.15, 0.2) is 0 Å². The van der Waals surface area contributed by atoms with Crippen LogP contribution in [0.1, 0.15) is 104 Å². The van der Waals surface area contributed by atoms with Gasteiger partial charge < -0.3 is 19.8 Å². The second kappa shape index (κ2) is 12.4. The Bertz CT molecular complexity index is 1440. The Morgan fingerprint density at radius 2 is 1.57 bits per heavy atom. The number of aliphatic carboxylic acids is 1. The summed E-state index contributed by atoms with van der Waals surface area (Å²) >= 11 is 0. The SMILES string of the molecule is C=C(C)[C@@H]1CC[C@]2(C(=O)O)CC[C@]3(C)C(CCC4[C@@]5(C)CC[C@H](O)[C@@](C)(COC(=O)N6CCN(Cc7ccccc7)CC6)C5CC[C@]43C)C12. The third-order valence-electron chi connectivity index (χ3n) is 16.7. The van der Waals surface area contributed by atoms with E-state index in [0.29, 0.717) is 30.8 Å². The van der Waals surface area contributed by atoms with Gasteiger partial charge in [-0.2, -0.15) is 0 Å². The zero-order valence-electron chi connectivity index (χ0n) is 30.9. The van der Waals surface area contributed by atoms with Crippen LogP contribution in [0.2, 0.25) is 0 Å². The van der Waals surface area contributed by atoms with Gasteiger partial charge in [-0.3, -0.25) is 9.69 Å². The number of carboxylic acids is 1. The number of hydrogen-bond acceptors (Lipinski definition) is 5. The molecule has 1 amide bonds. The van der Waals surface area contributed by atoms with Gasteiger partial charge in [-0.15, -0.1) is 0 Å². The van der Waals surface area contributed by atoms with Crippen molar-refractivity contribution in [3.8, 4) is 0 Å². The number of ether oxygens (including phenoxy) is 1. The van der Waals surface area contributed by atoms with Crippen molar-refractivity contribution in [3.63, 3.8) is 0 Å². The summed E-state index contributed by atoms with van der Waals surface area (Å²) in [7, 11) is 0. The highest BCUT2D eigenvalue weighted by atomic mass is 16.6. The summed E-state index contributed by atoms with van der Waals surface area (Å²) in [5, 5.41) is 22.4. The van der Waals surface area contributed by atoms with E-state index in [1.54, 1.807) is 0 Å². The molecule has 0 aromatic heterocycles. The Morgan fingerprint density at radius 1 is 0.857 bits per heavy atom. The van der Waals surface area contributed by atoms with E-state index in [2.05, 4.69) is 70.4 Å². The lowest BCUT2D eigenvalue weighted by molar-refractivity contribution is -0.254. The quantitative estimate of drug-likeness (QED) is 0.297. The van der Waals surface area contributed by atoms with Gasteiger partial charge in [0.2, 0.25) is 0 Å². The molecule has 11 atom stereocenters. The summed E-state index contributed by atoms with van der Waals surface area (Å²) in [6, 6.07) is 10.5. The molecule has 7 heteroatoms. The van der Waals surface area contributed by atoms with Gasteiger partial charge in [-0.25, -0.2) is 4.79 Å². The summed E-state index contributed by atoms with van der Waals surface area (Å²) in [6.07, 6.45) is 8.74. The van der Waals surface area contributed by atoms with Gasteiger partial charge in [-0.05, 0) is 123 Å². The molecule has 1 heterocycles. The number of amides is 1. The minimum absolute atomic E-state index is 0.0230. The molecule has 1 aromatic carbocycles. The smallest absolute Gasteiger partial charge is 0.409 e. The van der Waals surface area contributed by atoms with E-state index in [4.69, 9.17) is 4.74 Å². The third kappa shape index (κ3) is 5.25. The van der Waals surface area contributed by atoms with Gasteiger partial charge in [-0.1, -0.05) is 70.2 Å². The van der Waals surface area contributed by atoms with E-state index in [9.17, 15) is 19.8 Å². The topological polar surface area (TPSA) is 90.3 Å². The molecule has 49 heavy (non-hydrogen) atoms. The Morgan fingerprint density at radius 3 is 2.24 bits per heavy atom. The van der Waals surface area contributed by atoms with E-state index in [1.165, 1.54) is 11.1 Å². The molecule has 0 spiro atoms. The molecule has 0 radical (unpaired) electrons. The molecule has 1 aliphatic heterocycles. The van der Waals surface area contributed by atoms with Gasteiger partial charge in [0, 0.05) is 38.1 Å². The van der Waals surface area contributed by atoms with E-state index in [0.717, 1.165) is 83.8 Å². The molecule has 2 N–H and O–H groups in total. The number of hydrogen-bond donors (Lipinski definition) is 2. The van der Waals surface area contributed by atoms with E-state index in [-0.39, 0.29) is 40.8 Å². The van der Waals surface area contributed by atoms with Crippen LogP contribution in [0.15, 0.2) is 42.5 Å². The molecule has 4 unspecified atom stereocenters. The Balaban J connectivity index is 1.06. The Kier molecular flexibility index (Phi) is 8.86. The van der Waals surface area contributed by atoms with Crippen LogP contribution in [0.5, 0.6) is 0 Å². The zero-order chi connectivity index (χ0) is 35.0. The van der Waals surface area contributed by atoms with Gasteiger partial charge in [0.1, 0.15) is 6.61 Å². The summed E-state index contributed by atoms with van der Waals surface area (Å²) in [5.74, 6) is 1.02. The molecule has 5 aliphatic carbocycles. The molecular weight excluding hydrogens is 612 g/mol. The standard InChI is InChI=1S/C42H62N2O5/c1-28(2)30-14-19-42(36(46)47)21-20-40(5)31(35(30)42)12-13-33-38(3)17-16-34(45)39(4,32(38)15-18-41(33,40)6)27-49-37(48)44-24-22-43(23-25-44)26-29-10-8-7-9-11-29/h7-11,30-35,45H,1,12-27H2,2-6H3,(H,46,47)/t30-,31?,32?,33?,34-,35?,38-,39-,40+,41+,42-/m0/s1. The number of benzene rings is 1. The van der Waals surface area contributed by atoms with Crippen molar-refractivity contribution in [2.24, 2.45) is 56.7 Å². The van der Waals surface area contributed by atoms with E-state index in [1.807, 2.05) is 11.0 Å². The van der Waals surface area contributed by atoms with E-state index < -0.39 is 22.9 Å². The van der Waals surface area contributed by atoms with Crippen molar-refractivity contribution < 1.29 is 24.5 Å². The highest BCUT2D eigenvalue weighted by Crippen LogP contribution is 2.77. The van der Waals surface area contributed by atoms with Crippen molar-refractivity contribution in [1.82, 2.24) is 9.80 Å². The van der Waals surface area contributed by atoms with Gasteiger partial charge in [0.05, 0.1) is 11.5 Å². The second-order valence-electron chi connectivity index (χ2n) is 18.5. The first-order chi connectivity index (χ1) is 23.2. The van der Waals surface area contributed by atoms with Crippen LogP contribution in [-0.4, -0.2) is 71.0 Å². The Hall–Kier alpha value is -2.38. The first kappa shape index (κ1) is 35.0. The number of aliphatic hydroxyl groups is 1. The fraction of sp³-hybridized carbons (Fsp3) is 0.762. The average molecular weight is 675 g/mol. The number of aliphatic hydroxyl groups excluding tert-OH is 1. The molecule has 5 saturated carbocycles. The van der Waals surface area contributed by atoms with Crippen molar-refractivity contribution in [2.45, 2.75) is 111 Å². The minimum Gasteiger partial charge on any atom is -0.481 e. The first-order valence-corrected chi connectivity index (χ1v) is 19.4. The number of nitrogens with zero attached hydrogens (tertiary/aromatic N) is 2. The van der Waals surface area contributed by atoms with Crippen molar-refractivity contribution in [1.29, 1.82) is 0 Å². The maximum Gasteiger partial charge on any atom is 0.409 e. The summed E-state index contributed by atoms with van der Waals surface area (Å²) in [6.45, 7) is 20.4. The largest absolute Gasteiger partial charge is 0.481 e. The number of carbonyl (C=O) groups is 2. The van der Waals surface area contributed by atoms with Gasteiger partial charge >= 0.3 is 12.1 Å². The normalized spacial score (nSPS) is 45.0. The highest BCUT2D eigenvalue weighted by molar-refractivity contribution is 5.76. The van der Waals surface area contributed by atoms with Crippen molar-refractivity contribution in [3.05, 3.63) is 48.0 Å². The predicted octanol–water partition coefficient (Wildman–Crippen LogP) is 8.02. The van der Waals surface area contributed by atoms with E-state index >= 15 is 0 Å². The van der Waals surface area contributed by atoms with Crippen LogP contribution < -0.4 is 0 Å². The van der Waals surface area contributed by atoms with Crippen LogP contribution in [0, 0.1) is 56.7 Å². The number of carboxylic acid groups (broad SMARTS) is 1. The van der Waals surface area contributed by atoms with Crippen LogP contribution >= 0.6 is 0 Å². The third-order valence-corrected chi connectivity index (χ3v) is 16.7. The maximum atomic E-state index is 13.5.